The van der Waals surface area contributed by atoms with Gasteiger partial charge in [-0.05, 0) is 26.0 Å². The number of ether oxygens (including phenoxy) is 1. The van der Waals surface area contributed by atoms with Crippen molar-refractivity contribution < 1.29 is 14.1 Å². The standard InChI is InChI=1S/C26H27N2O2/c1-4-27-19(3)28(24-18-22(16-17-23(24)27)26(29)30-5-2)25(20-12-8-6-9-13-20)21-14-10-7-11-15-21/h6-18,25H,4-5H2,1-3H3/q+1. The molecule has 0 amide bonds. The van der Waals surface area contributed by atoms with Gasteiger partial charge in [-0.3, -0.25) is 0 Å². The zero-order valence-corrected chi connectivity index (χ0v) is 17.7. The van der Waals surface area contributed by atoms with Gasteiger partial charge in [0.2, 0.25) is 0 Å². The minimum absolute atomic E-state index is 0.000135. The van der Waals surface area contributed by atoms with Crippen LogP contribution in [-0.2, 0) is 11.3 Å². The Labute approximate surface area is 177 Å². The van der Waals surface area contributed by atoms with Crippen LogP contribution in [0.3, 0.4) is 0 Å². The zero-order valence-electron chi connectivity index (χ0n) is 17.7. The smallest absolute Gasteiger partial charge is 0.338 e. The average Bonchev–Trinajstić information content (AvgIpc) is 3.06. The predicted octanol–water partition coefficient (Wildman–Crippen LogP) is 5.07. The lowest BCUT2D eigenvalue weighted by Crippen LogP contribution is -2.35. The third kappa shape index (κ3) is 3.50. The van der Waals surface area contributed by atoms with Crippen molar-refractivity contribution in [2.75, 3.05) is 6.61 Å². The Kier molecular flexibility index (Phi) is 5.66. The lowest BCUT2D eigenvalue weighted by molar-refractivity contribution is -0.675. The summed E-state index contributed by atoms with van der Waals surface area (Å²) in [6.45, 7) is 7.34. The van der Waals surface area contributed by atoms with Crippen molar-refractivity contribution >= 4 is 17.0 Å². The second-order valence-electron chi connectivity index (χ2n) is 7.31. The molecule has 0 aliphatic carbocycles. The van der Waals surface area contributed by atoms with Crippen molar-refractivity contribution in [1.29, 1.82) is 0 Å². The van der Waals surface area contributed by atoms with E-state index in [0.717, 1.165) is 23.4 Å². The first kappa shape index (κ1) is 19.9. The molecule has 0 atom stereocenters. The number of carbonyl (C=O) groups is 1. The van der Waals surface area contributed by atoms with E-state index >= 15 is 0 Å². The van der Waals surface area contributed by atoms with E-state index in [9.17, 15) is 4.79 Å². The molecular weight excluding hydrogens is 372 g/mol. The molecule has 4 aromatic rings. The Balaban J connectivity index is 2.01. The largest absolute Gasteiger partial charge is 0.462 e. The van der Waals surface area contributed by atoms with Crippen molar-refractivity contribution in [2.24, 2.45) is 0 Å². The fraction of sp³-hybridized carbons (Fsp3) is 0.231. The summed E-state index contributed by atoms with van der Waals surface area (Å²) in [5, 5.41) is 0. The van der Waals surface area contributed by atoms with Gasteiger partial charge >= 0.3 is 5.97 Å². The molecule has 1 aromatic heterocycles. The summed E-state index contributed by atoms with van der Waals surface area (Å²) in [7, 11) is 0. The van der Waals surface area contributed by atoms with Crippen LogP contribution in [0.2, 0.25) is 0 Å². The first-order chi connectivity index (χ1) is 14.7. The number of fused-ring (bicyclic) bond motifs is 1. The molecule has 0 saturated carbocycles. The van der Waals surface area contributed by atoms with Crippen molar-refractivity contribution in [3.63, 3.8) is 0 Å². The van der Waals surface area contributed by atoms with Crippen molar-refractivity contribution in [1.82, 2.24) is 4.57 Å². The van der Waals surface area contributed by atoms with Gasteiger partial charge in [-0.2, -0.15) is 0 Å². The van der Waals surface area contributed by atoms with Crippen LogP contribution in [-0.4, -0.2) is 17.1 Å². The highest BCUT2D eigenvalue weighted by atomic mass is 16.5. The molecule has 4 nitrogen and oxygen atoms in total. The fourth-order valence-corrected chi connectivity index (χ4v) is 4.25. The van der Waals surface area contributed by atoms with Gasteiger partial charge in [0.25, 0.3) is 5.82 Å². The van der Waals surface area contributed by atoms with Crippen molar-refractivity contribution in [3.8, 4) is 0 Å². The summed E-state index contributed by atoms with van der Waals surface area (Å²) >= 11 is 0. The van der Waals surface area contributed by atoms with Gasteiger partial charge in [-0.15, -0.1) is 0 Å². The van der Waals surface area contributed by atoms with Crippen LogP contribution in [0.4, 0.5) is 0 Å². The first-order valence-electron chi connectivity index (χ1n) is 10.5. The van der Waals surface area contributed by atoms with E-state index in [1.807, 2.05) is 37.3 Å². The summed E-state index contributed by atoms with van der Waals surface area (Å²) in [6, 6.07) is 26.9. The third-order valence-corrected chi connectivity index (χ3v) is 5.58. The maximum absolute atomic E-state index is 12.4. The number of benzene rings is 3. The van der Waals surface area contributed by atoms with Crippen LogP contribution in [0.15, 0.2) is 78.9 Å². The Bertz CT molecular complexity index is 1120. The van der Waals surface area contributed by atoms with Crippen LogP contribution in [0.25, 0.3) is 11.0 Å². The molecule has 0 radical (unpaired) electrons. The second kappa shape index (κ2) is 8.54. The van der Waals surface area contributed by atoms with E-state index in [2.05, 4.69) is 71.5 Å². The lowest BCUT2D eigenvalue weighted by atomic mass is 9.98. The number of nitrogens with zero attached hydrogens (tertiary/aromatic N) is 2. The monoisotopic (exact) mass is 399 g/mol. The molecule has 0 N–H and O–H groups in total. The van der Waals surface area contributed by atoms with Gasteiger partial charge in [0, 0.05) is 24.1 Å². The number of imidazole rings is 1. The fourth-order valence-electron chi connectivity index (χ4n) is 4.25. The SMILES string of the molecule is CCOC(=O)c1ccc2c(c1)n(C(c1ccccc1)c1ccccc1)c(C)[n+]2CC. The number of aromatic nitrogens is 2. The number of hydrogen-bond acceptors (Lipinski definition) is 2. The number of aryl methyl sites for hydroxylation is 1. The first-order valence-corrected chi connectivity index (χ1v) is 10.5. The van der Waals surface area contributed by atoms with Crippen LogP contribution in [0.1, 0.15) is 47.2 Å². The molecule has 0 aliphatic rings. The maximum Gasteiger partial charge on any atom is 0.338 e. The molecule has 0 saturated heterocycles. The summed E-state index contributed by atoms with van der Waals surface area (Å²) < 4.78 is 9.89. The summed E-state index contributed by atoms with van der Waals surface area (Å²) in [5.74, 6) is 0.857. The molecule has 1 heterocycles. The number of esters is 1. The Hall–Kier alpha value is -3.40. The normalized spacial score (nSPS) is 11.2. The van der Waals surface area contributed by atoms with E-state index in [0.29, 0.717) is 12.2 Å². The molecule has 0 unspecified atom stereocenters. The molecule has 30 heavy (non-hydrogen) atoms. The molecule has 3 aromatic carbocycles. The maximum atomic E-state index is 12.4. The van der Waals surface area contributed by atoms with E-state index in [1.165, 1.54) is 11.1 Å². The Morgan fingerprint density at radius 1 is 0.933 bits per heavy atom. The van der Waals surface area contributed by atoms with Gasteiger partial charge < -0.3 is 4.74 Å². The summed E-state index contributed by atoms with van der Waals surface area (Å²) in [4.78, 5) is 12.4. The van der Waals surface area contributed by atoms with Crippen molar-refractivity contribution in [2.45, 2.75) is 33.4 Å². The van der Waals surface area contributed by atoms with Gasteiger partial charge in [-0.25, -0.2) is 13.9 Å². The summed E-state index contributed by atoms with van der Waals surface area (Å²) in [5.41, 5.74) is 5.12. The van der Waals surface area contributed by atoms with Gasteiger partial charge in [0.1, 0.15) is 0 Å². The molecule has 0 bridgehead atoms. The average molecular weight is 400 g/mol. The predicted molar refractivity (Wildman–Crippen MR) is 119 cm³/mol. The van der Waals surface area contributed by atoms with E-state index in [-0.39, 0.29) is 12.0 Å². The molecular formula is C26H27N2O2+. The minimum Gasteiger partial charge on any atom is -0.462 e. The molecule has 0 fully saturated rings. The zero-order chi connectivity index (χ0) is 21.1. The van der Waals surface area contributed by atoms with E-state index in [1.54, 1.807) is 0 Å². The Morgan fingerprint density at radius 3 is 2.07 bits per heavy atom. The third-order valence-electron chi connectivity index (χ3n) is 5.58. The van der Waals surface area contributed by atoms with E-state index < -0.39 is 0 Å². The molecule has 152 valence electrons. The van der Waals surface area contributed by atoms with E-state index in [4.69, 9.17) is 4.74 Å². The van der Waals surface area contributed by atoms with Gasteiger partial charge in [0.05, 0.1) is 18.7 Å². The highest BCUT2D eigenvalue weighted by Crippen LogP contribution is 2.31. The quantitative estimate of drug-likeness (QED) is 0.335. The van der Waals surface area contributed by atoms with Gasteiger partial charge in [0.15, 0.2) is 17.1 Å². The molecule has 0 aliphatic heterocycles. The number of hydrogen-bond donors (Lipinski definition) is 0. The second-order valence-corrected chi connectivity index (χ2v) is 7.31. The van der Waals surface area contributed by atoms with Gasteiger partial charge in [-0.1, -0.05) is 60.7 Å². The highest BCUT2D eigenvalue weighted by Gasteiger charge is 2.30. The van der Waals surface area contributed by atoms with Crippen LogP contribution in [0, 0.1) is 6.92 Å². The molecule has 4 rings (SSSR count). The number of rotatable bonds is 6. The number of carbonyl (C=O) groups excluding carboxylic acids is 1. The van der Waals surface area contributed by atoms with Crippen LogP contribution in [0.5, 0.6) is 0 Å². The van der Waals surface area contributed by atoms with Crippen molar-refractivity contribution in [3.05, 3.63) is 101 Å². The highest BCUT2D eigenvalue weighted by molar-refractivity contribution is 5.93. The Morgan fingerprint density at radius 2 is 1.53 bits per heavy atom. The van der Waals surface area contributed by atoms with Crippen LogP contribution >= 0.6 is 0 Å². The summed E-state index contributed by atoms with van der Waals surface area (Å²) in [6.07, 6.45) is 0. The van der Waals surface area contributed by atoms with Crippen LogP contribution < -0.4 is 4.57 Å². The molecule has 4 heteroatoms. The minimum atomic E-state index is -0.288. The lowest BCUT2D eigenvalue weighted by Gasteiger charge is -2.17. The molecule has 0 spiro atoms. The topological polar surface area (TPSA) is 35.1 Å².